The third-order valence-electron chi connectivity index (χ3n) is 4.70. The number of nitrogens with zero attached hydrogens (tertiary/aromatic N) is 6. The molecule has 0 unspecified atom stereocenters. The Kier molecular flexibility index (Phi) is 6.28. The van der Waals surface area contributed by atoms with Crippen molar-refractivity contribution in [3.05, 3.63) is 36.3 Å². The van der Waals surface area contributed by atoms with E-state index < -0.39 is 10.0 Å². The molecule has 1 N–H and O–H groups in total. The molecule has 0 aliphatic carbocycles. The molecular formula is C18H25N7O3S. The number of sulfonamides is 1. The number of pyridine rings is 1. The lowest BCUT2D eigenvalue weighted by atomic mass is 10.3. The molecule has 0 spiro atoms. The van der Waals surface area contributed by atoms with Gasteiger partial charge in [0.2, 0.25) is 15.9 Å². The molecule has 1 fully saturated rings. The van der Waals surface area contributed by atoms with E-state index in [1.54, 1.807) is 11.1 Å². The van der Waals surface area contributed by atoms with E-state index in [4.69, 9.17) is 0 Å². The zero-order valence-electron chi connectivity index (χ0n) is 16.7. The molecule has 1 saturated heterocycles. The molecule has 2 aromatic heterocycles. The van der Waals surface area contributed by atoms with Gasteiger partial charge in [-0.05, 0) is 24.6 Å². The maximum atomic E-state index is 12.3. The minimum Gasteiger partial charge on any atom is -0.353 e. The van der Waals surface area contributed by atoms with Crippen molar-refractivity contribution in [3.63, 3.8) is 0 Å². The van der Waals surface area contributed by atoms with E-state index in [0.717, 1.165) is 21.9 Å². The van der Waals surface area contributed by atoms with Crippen LogP contribution in [0.1, 0.15) is 5.56 Å². The lowest BCUT2D eigenvalue weighted by molar-refractivity contribution is -0.131. The minimum absolute atomic E-state index is 0.149. The fraction of sp³-hybridized carbons (Fsp3) is 0.444. The normalized spacial score (nSPS) is 14.9. The van der Waals surface area contributed by atoms with Crippen LogP contribution in [0.2, 0.25) is 0 Å². The van der Waals surface area contributed by atoms with E-state index in [1.807, 2.05) is 25.1 Å². The first-order chi connectivity index (χ1) is 13.7. The Bertz CT molecular complexity index is 975. The monoisotopic (exact) mass is 419 g/mol. The zero-order chi connectivity index (χ0) is 21.0. The number of rotatable bonds is 6. The summed E-state index contributed by atoms with van der Waals surface area (Å²) >= 11 is 0. The Labute approximate surface area is 170 Å². The number of aryl methyl sites for hydroxylation is 1. The molecule has 0 radical (unpaired) electrons. The summed E-state index contributed by atoms with van der Waals surface area (Å²) in [6, 6.07) is 5.70. The van der Waals surface area contributed by atoms with Gasteiger partial charge in [-0.2, -0.15) is 4.31 Å². The Balaban J connectivity index is 1.59. The van der Waals surface area contributed by atoms with Crippen molar-refractivity contribution in [1.29, 1.82) is 0 Å². The van der Waals surface area contributed by atoms with E-state index in [2.05, 4.69) is 25.2 Å². The number of hydrogen-bond acceptors (Lipinski definition) is 8. The van der Waals surface area contributed by atoms with Crippen LogP contribution in [0.25, 0.3) is 0 Å². The second kappa shape index (κ2) is 8.70. The predicted molar refractivity (Wildman–Crippen MR) is 111 cm³/mol. The SMILES string of the molecule is Cc1ccnc(Nc2cc(N3CCN(C(=O)CN(C)S(C)(=O)=O)CC3)ncn2)c1. The summed E-state index contributed by atoms with van der Waals surface area (Å²) in [6.45, 7) is 4.06. The summed E-state index contributed by atoms with van der Waals surface area (Å²) in [6.07, 6.45) is 4.31. The van der Waals surface area contributed by atoms with Crippen LogP contribution < -0.4 is 10.2 Å². The Morgan fingerprint density at radius 1 is 1.14 bits per heavy atom. The zero-order valence-corrected chi connectivity index (χ0v) is 17.6. The number of carbonyl (C=O) groups excluding carboxylic acids is 1. The number of nitrogens with one attached hydrogen (secondary N) is 1. The molecule has 1 aliphatic rings. The second-order valence-electron chi connectivity index (χ2n) is 6.99. The molecule has 0 aromatic carbocycles. The summed E-state index contributed by atoms with van der Waals surface area (Å²) in [7, 11) is -1.97. The topological polar surface area (TPSA) is 112 Å². The fourth-order valence-corrected chi connectivity index (χ4v) is 3.26. The Morgan fingerprint density at radius 3 is 2.48 bits per heavy atom. The summed E-state index contributed by atoms with van der Waals surface area (Å²) < 4.78 is 24.0. The number of likely N-dealkylation sites (N-methyl/N-ethyl adjacent to an activating group) is 1. The first kappa shape index (κ1) is 20.9. The lowest BCUT2D eigenvalue weighted by Crippen LogP contribution is -2.51. The quantitative estimate of drug-likeness (QED) is 0.719. The van der Waals surface area contributed by atoms with E-state index in [0.29, 0.717) is 37.8 Å². The summed E-state index contributed by atoms with van der Waals surface area (Å²) in [5.74, 6) is 1.91. The molecule has 3 heterocycles. The molecule has 3 rings (SSSR count). The molecule has 0 saturated carbocycles. The highest BCUT2D eigenvalue weighted by atomic mass is 32.2. The van der Waals surface area contributed by atoms with Gasteiger partial charge in [0.05, 0.1) is 12.8 Å². The van der Waals surface area contributed by atoms with Crippen molar-refractivity contribution in [3.8, 4) is 0 Å². The highest BCUT2D eigenvalue weighted by Gasteiger charge is 2.24. The lowest BCUT2D eigenvalue weighted by Gasteiger charge is -2.36. The standard InChI is InChI=1S/C18H25N7O3S/c1-14-4-5-19-15(10-14)22-16-11-17(21-13-20-16)24-6-8-25(9-7-24)18(26)12-23(2)29(3,27)28/h4-5,10-11,13H,6-9,12H2,1-3H3,(H,19,20,21,22). The predicted octanol–water partition coefficient (Wildman–Crippen LogP) is 0.464. The number of amides is 1. The fourth-order valence-electron chi connectivity index (χ4n) is 2.92. The van der Waals surface area contributed by atoms with Gasteiger partial charge < -0.3 is 15.1 Å². The van der Waals surface area contributed by atoms with Gasteiger partial charge >= 0.3 is 0 Å². The van der Waals surface area contributed by atoms with Crippen LogP contribution in [0.4, 0.5) is 17.5 Å². The largest absolute Gasteiger partial charge is 0.353 e. The molecule has 0 atom stereocenters. The highest BCUT2D eigenvalue weighted by molar-refractivity contribution is 7.88. The van der Waals surface area contributed by atoms with Gasteiger partial charge in [0, 0.05) is 45.5 Å². The molecule has 156 valence electrons. The number of piperazine rings is 1. The third-order valence-corrected chi connectivity index (χ3v) is 5.97. The third kappa shape index (κ3) is 5.61. The van der Waals surface area contributed by atoms with Crippen molar-refractivity contribution in [1.82, 2.24) is 24.2 Å². The number of anilines is 3. The van der Waals surface area contributed by atoms with E-state index in [-0.39, 0.29) is 12.5 Å². The van der Waals surface area contributed by atoms with Crippen LogP contribution in [0.5, 0.6) is 0 Å². The Morgan fingerprint density at radius 2 is 1.83 bits per heavy atom. The summed E-state index contributed by atoms with van der Waals surface area (Å²) in [4.78, 5) is 28.9. The van der Waals surface area contributed by atoms with E-state index >= 15 is 0 Å². The molecule has 10 nitrogen and oxygen atoms in total. The van der Waals surface area contributed by atoms with Crippen LogP contribution in [0, 0.1) is 6.92 Å². The molecule has 11 heteroatoms. The van der Waals surface area contributed by atoms with Crippen molar-refractivity contribution in [2.75, 3.05) is 56.2 Å². The highest BCUT2D eigenvalue weighted by Crippen LogP contribution is 2.19. The molecular weight excluding hydrogens is 394 g/mol. The van der Waals surface area contributed by atoms with Gasteiger partial charge in [-0.1, -0.05) is 0 Å². The molecule has 1 amide bonds. The van der Waals surface area contributed by atoms with Gasteiger partial charge in [-0.3, -0.25) is 4.79 Å². The maximum absolute atomic E-state index is 12.3. The maximum Gasteiger partial charge on any atom is 0.238 e. The smallest absolute Gasteiger partial charge is 0.238 e. The van der Waals surface area contributed by atoms with Crippen molar-refractivity contribution >= 4 is 33.4 Å². The van der Waals surface area contributed by atoms with Crippen molar-refractivity contribution < 1.29 is 13.2 Å². The minimum atomic E-state index is -3.38. The number of aromatic nitrogens is 3. The average Bonchev–Trinajstić information content (AvgIpc) is 2.67. The van der Waals surface area contributed by atoms with Crippen molar-refractivity contribution in [2.24, 2.45) is 0 Å². The Hall–Kier alpha value is -2.79. The number of carbonyl (C=O) groups is 1. The van der Waals surface area contributed by atoms with Gasteiger partial charge in [0.15, 0.2) is 0 Å². The molecule has 1 aliphatic heterocycles. The van der Waals surface area contributed by atoms with Crippen LogP contribution >= 0.6 is 0 Å². The number of hydrogen-bond donors (Lipinski definition) is 1. The first-order valence-corrected chi connectivity index (χ1v) is 11.0. The van der Waals surface area contributed by atoms with E-state index in [9.17, 15) is 13.2 Å². The molecule has 0 bridgehead atoms. The second-order valence-corrected chi connectivity index (χ2v) is 9.08. The van der Waals surface area contributed by atoms with Crippen molar-refractivity contribution in [2.45, 2.75) is 6.92 Å². The van der Waals surface area contributed by atoms with Crippen LogP contribution in [0.15, 0.2) is 30.7 Å². The van der Waals surface area contributed by atoms with Gasteiger partial charge in [-0.25, -0.2) is 23.4 Å². The average molecular weight is 420 g/mol. The van der Waals surface area contributed by atoms with Gasteiger partial charge in [-0.15, -0.1) is 0 Å². The van der Waals surface area contributed by atoms with Gasteiger partial charge in [0.1, 0.15) is 23.8 Å². The van der Waals surface area contributed by atoms with Crippen LogP contribution in [-0.2, 0) is 14.8 Å². The van der Waals surface area contributed by atoms with E-state index in [1.165, 1.54) is 13.4 Å². The summed E-state index contributed by atoms with van der Waals surface area (Å²) in [5.41, 5.74) is 1.10. The van der Waals surface area contributed by atoms with Gasteiger partial charge in [0.25, 0.3) is 0 Å². The first-order valence-electron chi connectivity index (χ1n) is 9.18. The van der Waals surface area contributed by atoms with Crippen LogP contribution in [0.3, 0.4) is 0 Å². The summed E-state index contributed by atoms with van der Waals surface area (Å²) in [5, 5.41) is 3.17. The van der Waals surface area contributed by atoms with Crippen LogP contribution in [-0.4, -0.2) is 84.5 Å². The molecule has 2 aromatic rings. The molecule has 29 heavy (non-hydrogen) atoms.